The smallest absolute Gasteiger partial charge is 0.195 e. The van der Waals surface area contributed by atoms with Gasteiger partial charge in [-0.25, -0.2) is 30.7 Å². The van der Waals surface area contributed by atoms with Crippen LogP contribution in [0.1, 0.15) is 80.9 Å². The van der Waals surface area contributed by atoms with Crippen LogP contribution in [0, 0.1) is 58.5 Å². The Kier molecular flexibility index (Phi) is 7.92. The molecule has 0 saturated heterocycles. The minimum absolute atomic E-state index is 0.0304. The second-order valence-corrected chi connectivity index (χ2v) is 9.43. The average molecular weight is 507 g/mol. The van der Waals surface area contributed by atoms with Gasteiger partial charge in [-0.05, 0) is 61.1 Å². The van der Waals surface area contributed by atoms with Crippen molar-refractivity contribution in [2.24, 2.45) is 5.92 Å². The van der Waals surface area contributed by atoms with Crippen molar-refractivity contribution in [3.63, 3.8) is 0 Å². The highest BCUT2D eigenvalue weighted by Gasteiger charge is 2.32. The van der Waals surface area contributed by atoms with Crippen LogP contribution >= 0.6 is 0 Å². The second kappa shape index (κ2) is 10.9. The summed E-state index contributed by atoms with van der Waals surface area (Å²) in [5.41, 5.74) is -1.56. The van der Waals surface area contributed by atoms with Gasteiger partial charge in [0.25, 0.3) is 0 Å². The largest absolute Gasteiger partial charge is 0.204 e. The zero-order chi connectivity index (χ0) is 26.0. The van der Waals surface area contributed by atoms with Crippen molar-refractivity contribution in [1.82, 2.24) is 0 Å². The molecule has 3 aromatic rings. The van der Waals surface area contributed by atoms with Crippen LogP contribution in [-0.2, 0) is 0 Å². The van der Waals surface area contributed by atoms with Crippen LogP contribution in [0.3, 0.4) is 0 Å². The molecule has 0 aromatic heterocycles. The molecule has 0 aliphatic heterocycles. The Morgan fingerprint density at radius 2 is 1.39 bits per heavy atom. The normalized spacial score (nSPS) is 17.8. The number of rotatable bonds is 5. The van der Waals surface area contributed by atoms with E-state index >= 15 is 0 Å². The lowest BCUT2D eigenvalue weighted by molar-refractivity contribution is 0.290. The van der Waals surface area contributed by atoms with Crippen LogP contribution in [0.5, 0.6) is 0 Å². The molecule has 1 fully saturated rings. The molecule has 0 heterocycles. The van der Waals surface area contributed by atoms with Crippen LogP contribution in [0.15, 0.2) is 24.3 Å². The van der Waals surface area contributed by atoms with Crippen molar-refractivity contribution < 1.29 is 30.7 Å². The van der Waals surface area contributed by atoms with Crippen molar-refractivity contribution >= 4 is 10.8 Å². The van der Waals surface area contributed by atoms with Gasteiger partial charge in [0.15, 0.2) is 40.7 Å². The molecule has 0 amide bonds. The average Bonchev–Trinajstić information content (AvgIpc) is 2.87. The first-order valence-electron chi connectivity index (χ1n) is 12.2. The summed E-state index contributed by atoms with van der Waals surface area (Å²) in [6, 6.07) is 4.30. The molecular weight excluding hydrogens is 481 g/mol. The number of fused-ring (bicyclic) bond motifs is 1. The maximum absolute atomic E-state index is 14.9. The fourth-order valence-corrected chi connectivity index (χ4v) is 5.06. The van der Waals surface area contributed by atoms with E-state index in [4.69, 9.17) is 0 Å². The number of hydrogen-bond donors (Lipinski definition) is 0. The monoisotopic (exact) mass is 506 g/mol. The van der Waals surface area contributed by atoms with E-state index in [0.29, 0.717) is 18.8 Å². The molecule has 0 atom stereocenters. The van der Waals surface area contributed by atoms with Gasteiger partial charge in [0.05, 0.1) is 0 Å². The van der Waals surface area contributed by atoms with Gasteiger partial charge in [0.2, 0.25) is 0 Å². The van der Waals surface area contributed by atoms with Gasteiger partial charge in [-0.3, -0.25) is 0 Å². The van der Waals surface area contributed by atoms with E-state index < -0.39 is 57.8 Å². The fraction of sp³-hybridized carbons (Fsp3) is 0.379. The van der Waals surface area contributed by atoms with E-state index in [2.05, 4.69) is 18.8 Å². The number of hydrogen-bond acceptors (Lipinski definition) is 0. The Hall–Kier alpha value is -3.01. The van der Waals surface area contributed by atoms with Gasteiger partial charge in [-0.15, -0.1) is 0 Å². The molecular formula is C29H25F7. The van der Waals surface area contributed by atoms with E-state index in [-0.39, 0.29) is 16.3 Å². The first-order valence-corrected chi connectivity index (χ1v) is 12.2. The molecule has 0 radical (unpaired) electrons. The zero-order valence-electron chi connectivity index (χ0n) is 19.8. The van der Waals surface area contributed by atoms with Gasteiger partial charge in [0, 0.05) is 16.5 Å². The highest BCUT2D eigenvalue weighted by atomic mass is 19.2. The Bertz CT molecular complexity index is 1310. The van der Waals surface area contributed by atoms with E-state index in [1.54, 1.807) is 0 Å². The van der Waals surface area contributed by atoms with Gasteiger partial charge in [-0.1, -0.05) is 50.5 Å². The Morgan fingerprint density at radius 1 is 0.722 bits per heavy atom. The fourth-order valence-electron chi connectivity index (χ4n) is 5.06. The molecule has 1 saturated carbocycles. The summed E-state index contributed by atoms with van der Waals surface area (Å²) in [5, 5.41) is -0.240. The Labute approximate surface area is 205 Å². The summed E-state index contributed by atoms with van der Waals surface area (Å²) < 4.78 is 100. The molecule has 3 aromatic carbocycles. The highest BCUT2D eigenvalue weighted by Crippen LogP contribution is 2.41. The van der Waals surface area contributed by atoms with E-state index in [1.165, 1.54) is 12.1 Å². The lowest BCUT2D eigenvalue weighted by Crippen LogP contribution is -2.18. The molecule has 1 aliphatic rings. The van der Waals surface area contributed by atoms with Crippen molar-refractivity contribution in [3.8, 4) is 11.8 Å². The molecule has 190 valence electrons. The zero-order valence-corrected chi connectivity index (χ0v) is 19.8. The summed E-state index contributed by atoms with van der Waals surface area (Å²) in [6.07, 6.45) is 6.81. The van der Waals surface area contributed by atoms with E-state index in [1.807, 2.05) is 0 Å². The van der Waals surface area contributed by atoms with E-state index in [0.717, 1.165) is 50.7 Å². The number of halogens is 7. The molecule has 0 nitrogen and oxygen atoms in total. The Morgan fingerprint density at radius 3 is 2.03 bits per heavy atom. The van der Waals surface area contributed by atoms with Crippen molar-refractivity contribution in [1.29, 1.82) is 0 Å². The molecule has 0 spiro atoms. The molecule has 4 rings (SSSR count). The summed E-state index contributed by atoms with van der Waals surface area (Å²) in [7, 11) is 0. The maximum Gasteiger partial charge on any atom is 0.195 e. The third-order valence-corrected chi connectivity index (χ3v) is 7.07. The van der Waals surface area contributed by atoms with Crippen molar-refractivity contribution in [3.05, 3.63) is 81.7 Å². The number of unbranched alkanes of at least 4 members (excludes halogenated alkanes) is 2. The van der Waals surface area contributed by atoms with E-state index in [9.17, 15) is 30.7 Å². The molecule has 7 heteroatoms. The molecule has 1 aliphatic carbocycles. The topological polar surface area (TPSA) is 0 Å². The van der Waals surface area contributed by atoms with Crippen LogP contribution in [-0.4, -0.2) is 0 Å². The summed E-state index contributed by atoms with van der Waals surface area (Å²) in [6.45, 7) is 2.12. The van der Waals surface area contributed by atoms with Crippen LogP contribution < -0.4 is 0 Å². The highest BCUT2D eigenvalue weighted by molar-refractivity contribution is 5.84. The van der Waals surface area contributed by atoms with Gasteiger partial charge in [0.1, 0.15) is 5.56 Å². The standard InChI is InChI=1S/C29H25F7/c1-2-3-4-5-16-6-10-18(11-7-16)23-28(35)25(32)21(26(33)29(23)36)13-9-17-8-12-20-19(14-17)15-22(30)27(34)24(20)31/h8,12,14-16,18H,2-7,10-11H2,1H3. The van der Waals surface area contributed by atoms with Crippen LogP contribution in [0.4, 0.5) is 30.7 Å². The van der Waals surface area contributed by atoms with Gasteiger partial charge in [-0.2, -0.15) is 0 Å². The van der Waals surface area contributed by atoms with Gasteiger partial charge >= 0.3 is 0 Å². The second-order valence-electron chi connectivity index (χ2n) is 9.43. The van der Waals surface area contributed by atoms with Crippen LogP contribution in [0.2, 0.25) is 0 Å². The minimum Gasteiger partial charge on any atom is -0.204 e. The lowest BCUT2D eigenvalue weighted by Gasteiger charge is -2.29. The van der Waals surface area contributed by atoms with Crippen molar-refractivity contribution in [2.45, 2.75) is 64.2 Å². The van der Waals surface area contributed by atoms with Crippen molar-refractivity contribution in [2.75, 3.05) is 0 Å². The molecule has 0 N–H and O–H groups in total. The number of benzene rings is 3. The third-order valence-electron chi connectivity index (χ3n) is 7.07. The van der Waals surface area contributed by atoms with Crippen LogP contribution in [0.25, 0.3) is 10.8 Å². The molecule has 36 heavy (non-hydrogen) atoms. The Balaban J connectivity index is 1.60. The third kappa shape index (κ3) is 5.09. The predicted molar refractivity (Wildman–Crippen MR) is 125 cm³/mol. The summed E-state index contributed by atoms with van der Waals surface area (Å²) in [5.74, 6) is -6.09. The summed E-state index contributed by atoms with van der Waals surface area (Å²) in [4.78, 5) is 0. The quantitative estimate of drug-likeness (QED) is 0.106. The SMILES string of the molecule is CCCCCC1CCC(c2c(F)c(F)c(C#Cc3ccc4c(F)c(F)c(F)cc4c3)c(F)c2F)CC1. The summed E-state index contributed by atoms with van der Waals surface area (Å²) >= 11 is 0. The van der Waals surface area contributed by atoms with Gasteiger partial charge < -0.3 is 0 Å². The maximum atomic E-state index is 14.9. The lowest BCUT2D eigenvalue weighted by atomic mass is 9.76. The molecule has 0 bridgehead atoms. The predicted octanol–water partition coefficient (Wildman–Crippen LogP) is 9.07. The minimum atomic E-state index is -1.62. The molecule has 0 unspecified atom stereocenters. The first kappa shape index (κ1) is 26.1. The first-order chi connectivity index (χ1) is 17.2.